The zero-order valence-corrected chi connectivity index (χ0v) is 38.9. The van der Waals surface area contributed by atoms with E-state index in [2.05, 4.69) is 229 Å². The van der Waals surface area contributed by atoms with Crippen LogP contribution in [0.4, 0.5) is 0 Å². The molecule has 0 aliphatic carbocycles. The molecule has 15 rings (SSSR count). The zero-order valence-electron chi connectivity index (χ0n) is 38.0. The second-order valence-electron chi connectivity index (χ2n) is 18.3. The predicted molar refractivity (Wildman–Crippen MR) is 297 cm³/mol. The molecule has 0 N–H and O–H groups in total. The van der Waals surface area contributed by atoms with Crippen molar-refractivity contribution in [2.75, 3.05) is 0 Å². The maximum absolute atomic E-state index is 6.55. The van der Waals surface area contributed by atoms with Gasteiger partial charge in [0.2, 0.25) is 0 Å². The van der Waals surface area contributed by atoms with E-state index in [4.69, 9.17) is 19.4 Å². The molecule has 5 nitrogen and oxygen atoms in total. The van der Waals surface area contributed by atoms with E-state index in [0.29, 0.717) is 17.5 Å². The van der Waals surface area contributed by atoms with Crippen molar-refractivity contribution < 1.29 is 4.42 Å². The molecule has 4 aromatic heterocycles. The van der Waals surface area contributed by atoms with Crippen LogP contribution in [0.15, 0.2) is 235 Å². The maximum atomic E-state index is 6.55. The van der Waals surface area contributed by atoms with Crippen molar-refractivity contribution in [1.82, 2.24) is 19.5 Å². The molecule has 0 aliphatic rings. The van der Waals surface area contributed by atoms with Crippen molar-refractivity contribution in [2.45, 2.75) is 0 Å². The third-order valence-corrected chi connectivity index (χ3v) is 15.4. The van der Waals surface area contributed by atoms with Gasteiger partial charge >= 0.3 is 0 Å². The summed E-state index contributed by atoms with van der Waals surface area (Å²) in [6.45, 7) is 0. The minimum absolute atomic E-state index is 0.579. The van der Waals surface area contributed by atoms with Crippen LogP contribution in [-0.2, 0) is 0 Å². The maximum Gasteiger partial charge on any atom is 0.164 e. The number of benzene rings is 11. The molecule has 0 radical (unpaired) electrons. The summed E-state index contributed by atoms with van der Waals surface area (Å²) >= 11 is 1.82. The van der Waals surface area contributed by atoms with Gasteiger partial charge in [0.15, 0.2) is 17.5 Å². The summed E-state index contributed by atoms with van der Waals surface area (Å²) < 4.78 is 11.4. The van der Waals surface area contributed by atoms with Gasteiger partial charge in [-0.15, -0.1) is 11.3 Å². The summed E-state index contributed by atoms with van der Waals surface area (Å²) in [4.78, 5) is 15.7. The molecule has 6 heteroatoms. The summed E-state index contributed by atoms with van der Waals surface area (Å²) in [5, 5.41) is 11.9. The SMILES string of the molecule is c1ccc(-c2cccc(-c3nc(-c4ccc5c(c4)oc4cc6ccccc6cc45)nc(-c4ccc5c(c4)sc4c(-n6c7ccccc7c7c8ccccc8c(-c8ccccc8)cc76)cccc45)n3)c2)cc1. The van der Waals surface area contributed by atoms with E-state index in [9.17, 15) is 0 Å². The van der Waals surface area contributed by atoms with E-state index >= 15 is 0 Å². The van der Waals surface area contributed by atoms with Crippen molar-refractivity contribution in [3.8, 4) is 62.1 Å². The molecule has 0 saturated heterocycles. The second-order valence-corrected chi connectivity index (χ2v) is 19.4. The number of rotatable bonds is 6. The summed E-state index contributed by atoms with van der Waals surface area (Å²) in [5.41, 5.74) is 12.5. The van der Waals surface area contributed by atoms with Crippen LogP contribution < -0.4 is 0 Å². The van der Waals surface area contributed by atoms with Crippen molar-refractivity contribution in [2.24, 2.45) is 0 Å². The molecular formula is C65H38N4OS. The lowest BCUT2D eigenvalue weighted by Gasteiger charge is -2.13. The van der Waals surface area contributed by atoms with E-state index in [1.54, 1.807) is 0 Å². The van der Waals surface area contributed by atoms with Gasteiger partial charge < -0.3 is 8.98 Å². The first-order valence-corrected chi connectivity index (χ1v) is 24.7. The fourth-order valence-electron chi connectivity index (χ4n) is 10.9. The van der Waals surface area contributed by atoms with Crippen LogP contribution in [0.25, 0.3) is 148 Å². The van der Waals surface area contributed by atoms with Crippen LogP contribution in [0, 0.1) is 0 Å². The zero-order chi connectivity index (χ0) is 46.6. The van der Waals surface area contributed by atoms with Gasteiger partial charge in [0, 0.05) is 53.7 Å². The Kier molecular flexibility index (Phi) is 8.76. The predicted octanol–water partition coefficient (Wildman–Crippen LogP) is 17.9. The first-order chi connectivity index (χ1) is 35.2. The molecule has 330 valence electrons. The summed E-state index contributed by atoms with van der Waals surface area (Å²) in [6.07, 6.45) is 0. The van der Waals surface area contributed by atoms with Crippen molar-refractivity contribution >= 4 is 96.8 Å². The number of aromatic nitrogens is 4. The third kappa shape index (κ3) is 6.35. The molecule has 0 spiro atoms. The third-order valence-electron chi connectivity index (χ3n) is 14.2. The first-order valence-electron chi connectivity index (χ1n) is 23.9. The molecule has 4 heterocycles. The Morgan fingerprint density at radius 2 is 0.915 bits per heavy atom. The van der Waals surface area contributed by atoms with Gasteiger partial charge in [-0.05, 0) is 98.4 Å². The summed E-state index contributed by atoms with van der Waals surface area (Å²) in [7, 11) is 0. The summed E-state index contributed by atoms with van der Waals surface area (Å²) in [6, 6.07) is 82.2. The number of furan rings is 1. The van der Waals surface area contributed by atoms with Crippen LogP contribution >= 0.6 is 11.3 Å². The minimum atomic E-state index is 0.579. The van der Waals surface area contributed by atoms with Crippen molar-refractivity contribution in [1.29, 1.82) is 0 Å². The Morgan fingerprint density at radius 1 is 0.338 bits per heavy atom. The van der Waals surface area contributed by atoms with Crippen molar-refractivity contribution in [3.63, 3.8) is 0 Å². The Balaban J connectivity index is 0.912. The van der Waals surface area contributed by atoms with Gasteiger partial charge in [-0.3, -0.25) is 0 Å². The highest BCUT2D eigenvalue weighted by Crippen LogP contribution is 2.45. The van der Waals surface area contributed by atoms with E-state index in [0.717, 1.165) is 65.5 Å². The number of para-hydroxylation sites is 1. The lowest BCUT2D eigenvalue weighted by Crippen LogP contribution is -2.00. The Hall–Kier alpha value is -9.23. The quantitative estimate of drug-likeness (QED) is 0.167. The minimum Gasteiger partial charge on any atom is -0.456 e. The number of fused-ring (bicyclic) bond motifs is 12. The van der Waals surface area contributed by atoms with Crippen LogP contribution in [0.5, 0.6) is 0 Å². The van der Waals surface area contributed by atoms with Crippen LogP contribution in [0.2, 0.25) is 0 Å². The fourth-order valence-corrected chi connectivity index (χ4v) is 12.1. The van der Waals surface area contributed by atoms with E-state index in [1.165, 1.54) is 64.6 Å². The van der Waals surface area contributed by atoms with Gasteiger partial charge in [-0.2, -0.15) is 0 Å². The molecule has 15 aromatic rings. The average molecular weight is 923 g/mol. The van der Waals surface area contributed by atoms with Crippen LogP contribution in [0.3, 0.4) is 0 Å². The fraction of sp³-hybridized carbons (Fsp3) is 0. The lowest BCUT2D eigenvalue weighted by molar-refractivity contribution is 0.669. The largest absolute Gasteiger partial charge is 0.456 e. The Morgan fingerprint density at radius 3 is 1.70 bits per heavy atom. The number of hydrogen-bond acceptors (Lipinski definition) is 5. The van der Waals surface area contributed by atoms with E-state index in [-0.39, 0.29) is 0 Å². The molecule has 0 bridgehead atoms. The highest BCUT2D eigenvalue weighted by Gasteiger charge is 2.22. The highest BCUT2D eigenvalue weighted by atomic mass is 32.1. The Labute approximate surface area is 411 Å². The first kappa shape index (κ1) is 39.7. The Bertz CT molecular complexity index is 4640. The van der Waals surface area contributed by atoms with Crippen LogP contribution in [0.1, 0.15) is 0 Å². The highest BCUT2D eigenvalue weighted by molar-refractivity contribution is 7.26. The standard InChI is InChI=1S/C65H38N4OS/c1-3-15-39(16-4-1)41-21-13-22-44(33-41)63-66-64(45-29-31-48-54-34-42-19-7-8-20-43(42)35-59(54)70-58(48)36-45)68-65(67-63)46-30-32-49-51-26-14-28-56(62(51)71-60(49)37-46)69-55-27-12-11-25-52(55)61-50-24-10-9-23-47(50)53(38-57(61)69)40-17-5-2-6-18-40/h1-38H. The smallest absolute Gasteiger partial charge is 0.164 e. The van der Waals surface area contributed by atoms with E-state index in [1.807, 2.05) is 17.4 Å². The van der Waals surface area contributed by atoms with Gasteiger partial charge in [-0.1, -0.05) is 176 Å². The molecule has 0 unspecified atom stereocenters. The molecule has 0 fully saturated rings. The van der Waals surface area contributed by atoms with E-state index < -0.39 is 0 Å². The number of hydrogen-bond donors (Lipinski definition) is 0. The molecule has 0 saturated carbocycles. The second kappa shape index (κ2) is 15.7. The molecular weight excluding hydrogens is 885 g/mol. The topological polar surface area (TPSA) is 56.7 Å². The average Bonchev–Trinajstić information content (AvgIpc) is 4.11. The molecule has 11 aromatic carbocycles. The molecule has 71 heavy (non-hydrogen) atoms. The molecule has 0 amide bonds. The van der Waals surface area contributed by atoms with Crippen LogP contribution in [-0.4, -0.2) is 19.5 Å². The van der Waals surface area contributed by atoms with Crippen molar-refractivity contribution in [3.05, 3.63) is 231 Å². The van der Waals surface area contributed by atoms with Gasteiger partial charge in [0.1, 0.15) is 11.2 Å². The van der Waals surface area contributed by atoms with Gasteiger partial charge in [0.05, 0.1) is 21.4 Å². The van der Waals surface area contributed by atoms with Gasteiger partial charge in [0.25, 0.3) is 0 Å². The molecule has 0 aliphatic heterocycles. The normalized spacial score (nSPS) is 11.9. The monoisotopic (exact) mass is 922 g/mol. The van der Waals surface area contributed by atoms with Gasteiger partial charge in [-0.25, -0.2) is 15.0 Å². The molecule has 0 atom stereocenters. The summed E-state index contributed by atoms with van der Waals surface area (Å²) in [5.74, 6) is 1.79. The number of nitrogens with zero attached hydrogens (tertiary/aromatic N) is 4. The number of thiophene rings is 1. The lowest BCUT2D eigenvalue weighted by atomic mass is 9.95.